The van der Waals surface area contributed by atoms with Gasteiger partial charge in [-0.25, -0.2) is 4.98 Å². The molecular weight excluding hydrogens is 270 g/mol. The maximum atomic E-state index is 12.1. The second-order valence-corrected chi connectivity index (χ2v) is 5.20. The lowest BCUT2D eigenvalue weighted by atomic mass is 10.2. The summed E-state index contributed by atoms with van der Waals surface area (Å²) in [7, 11) is 1.72. The van der Waals surface area contributed by atoms with Crippen molar-refractivity contribution < 1.29 is 9.90 Å². The number of aromatic nitrogens is 2. The second kappa shape index (κ2) is 6.05. The molecule has 2 heterocycles. The Morgan fingerprint density at radius 3 is 2.81 bits per heavy atom. The van der Waals surface area contributed by atoms with Gasteiger partial charge in [0.2, 0.25) is 0 Å². The van der Waals surface area contributed by atoms with Crippen LogP contribution in [-0.2, 0) is 11.3 Å². The zero-order valence-corrected chi connectivity index (χ0v) is 12.4. The van der Waals surface area contributed by atoms with Gasteiger partial charge in [-0.15, -0.1) is 0 Å². The summed E-state index contributed by atoms with van der Waals surface area (Å²) in [4.78, 5) is 29.3. The molecule has 2 aromatic rings. The van der Waals surface area contributed by atoms with E-state index in [9.17, 15) is 9.59 Å². The normalized spacial score (nSPS) is 12.8. The first-order valence-electron chi connectivity index (χ1n) is 6.84. The molecule has 2 aromatic heterocycles. The average Bonchev–Trinajstić information content (AvgIpc) is 2.38. The fourth-order valence-corrected chi connectivity index (χ4v) is 2.38. The predicted molar refractivity (Wildman–Crippen MR) is 79.4 cm³/mol. The van der Waals surface area contributed by atoms with E-state index in [-0.39, 0.29) is 5.56 Å². The van der Waals surface area contributed by atoms with Gasteiger partial charge in [-0.05, 0) is 38.1 Å². The Morgan fingerprint density at radius 2 is 2.19 bits per heavy atom. The highest BCUT2D eigenvalue weighted by atomic mass is 16.4. The van der Waals surface area contributed by atoms with E-state index >= 15 is 0 Å². The quantitative estimate of drug-likeness (QED) is 0.898. The zero-order valence-electron chi connectivity index (χ0n) is 12.4. The first kappa shape index (κ1) is 15.2. The Kier molecular flexibility index (Phi) is 4.37. The monoisotopic (exact) mass is 289 g/mol. The van der Waals surface area contributed by atoms with Gasteiger partial charge in [-0.2, -0.15) is 0 Å². The van der Waals surface area contributed by atoms with Gasteiger partial charge in [0, 0.05) is 18.8 Å². The Labute approximate surface area is 122 Å². The summed E-state index contributed by atoms with van der Waals surface area (Å²) in [6.45, 7) is 4.08. The van der Waals surface area contributed by atoms with Crippen LogP contribution in [0.25, 0.3) is 5.65 Å². The summed E-state index contributed by atoms with van der Waals surface area (Å²) in [5, 5.41) is 9.16. The van der Waals surface area contributed by atoms with E-state index in [1.807, 2.05) is 26.0 Å². The molecule has 0 amide bonds. The minimum atomic E-state index is -0.867. The second-order valence-electron chi connectivity index (χ2n) is 5.20. The molecule has 1 unspecified atom stereocenters. The molecule has 0 fully saturated rings. The third kappa shape index (κ3) is 3.28. The molecule has 112 valence electrons. The molecule has 6 nitrogen and oxygen atoms in total. The zero-order chi connectivity index (χ0) is 15.6. The standard InChI is InChI=1S/C15H19N3O3/c1-4-12(15(20)21)17(3)9-11-8-14(19)18-6-5-10(2)7-13(18)16-11/h5-8,12H,4,9H2,1-3H3,(H,20,21). The van der Waals surface area contributed by atoms with E-state index in [0.29, 0.717) is 24.3 Å². The van der Waals surface area contributed by atoms with Crippen LogP contribution in [0.2, 0.25) is 0 Å². The Morgan fingerprint density at radius 1 is 1.48 bits per heavy atom. The minimum absolute atomic E-state index is 0.160. The molecule has 6 heteroatoms. The van der Waals surface area contributed by atoms with Crippen LogP contribution in [0.5, 0.6) is 0 Å². The number of likely N-dealkylation sites (N-methyl/N-ethyl adjacent to an activating group) is 1. The Balaban J connectivity index is 2.35. The van der Waals surface area contributed by atoms with E-state index in [1.165, 1.54) is 10.5 Å². The number of aliphatic carboxylic acids is 1. The maximum Gasteiger partial charge on any atom is 0.320 e. The molecule has 0 saturated heterocycles. The average molecular weight is 289 g/mol. The molecule has 0 bridgehead atoms. The van der Waals surface area contributed by atoms with Crippen molar-refractivity contribution in [2.24, 2.45) is 0 Å². The topological polar surface area (TPSA) is 74.9 Å². The van der Waals surface area contributed by atoms with Crippen molar-refractivity contribution in [3.05, 3.63) is 46.0 Å². The number of carboxylic acid groups (broad SMARTS) is 1. The number of pyridine rings is 1. The van der Waals surface area contributed by atoms with Gasteiger partial charge in [0.25, 0.3) is 5.56 Å². The third-order valence-corrected chi connectivity index (χ3v) is 3.49. The van der Waals surface area contributed by atoms with Crippen LogP contribution in [0.15, 0.2) is 29.2 Å². The van der Waals surface area contributed by atoms with Gasteiger partial charge in [-0.3, -0.25) is 18.9 Å². The van der Waals surface area contributed by atoms with Crippen LogP contribution in [0.1, 0.15) is 24.6 Å². The SMILES string of the molecule is CCC(C(=O)O)N(C)Cc1cc(=O)n2ccc(C)cc2n1. The van der Waals surface area contributed by atoms with Crippen LogP contribution >= 0.6 is 0 Å². The highest BCUT2D eigenvalue weighted by molar-refractivity contribution is 5.73. The largest absolute Gasteiger partial charge is 0.480 e. The summed E-state index contributed by atoms with van der Waals surface area (Å²) in [5.41, 5.74) is 2.01. The van der Waals surface area contributed by atoms with Crippen LogP contribution in [0, 0.1) is 6.92 Å². The van der Waals surface area contributed by atoms with E-state index in [1.54, 1.807) is 18.1 Å². The minimum Gasteiger partial charge on any atom is -0.480 e. The smallest absolute Gasteiger partial charge is 0.320 e. The van der Waals surface area contributed by atoms with Crippen molar-refractivity contribution in [2.75, 3.05) is 7.05 Å². The number of aryl methyl sites for hydroxylation is 1. The number of fused-ring (bicyclic) bond motifs is 1. The van der Waals surface area contributed by atoms with Gasteiger partial charge in [-0.1, -0.05) is 6.92 Å². The number of carbonyl (C=O) groups is 1. The van der Waals surface area contributed by atoms with Gasteiger partial charge in [0.15, 0.2) is 0 Å². The van der Waals surface area contributed by atoms with Crippen molar-refractivity contribution in [3.8, 4) is 0 Å². The van der Waals surface area contributed by atoms with E-state index in [0.717, 1.165) is 5.56 Å². The molecule has 0 radical (unpaired) electrons. The third-order valence-electron chi connectivity index (χ3n) is 3.49. The van der Waals surface area contributed by atoms with E-state index in [2.05, 4.69) is 4.98 Å². The summed E-state index contributed by atoms with van der Waals surface area (Å²) in [5.74, 6) is -0.867. The summed E-state index contributed by atoms with van der Waals surface area (Å²) >= 11 is 0. The number of carboxylic acids is 1. The van der Waals surface area contributed by atoms with Gasteiger partial charge in [0.1, 0.15) is 11.7 Å². The number of nitrogens with zero attached hydrogens (tertiary/aromatic N) is 3. The highest BCUT2D eigenvalue weighted by Gasteiger charge is 2.21. The number of hydrogen-bond donors (Lipinski definition) is 1. The van der Waals surface area contributed by atoms with Gasteiger partial charge >= 0.3 is 5.97 Å². The van der Waals surface area contributed by atoms with Crippen molar-refractivity contribution in [1.82, 2.24) is 14.3 Å². The first-order chi connectivity index (χ1) is 9.92. The van der Waals surface area contributed by atoms with Crippen molar-refractivity contribution in [1.29, 1.82) is 0 Å². The molecule has 2 rings (SSSR count). The van der Waals surface area contributed by atoms with E-state index < -0.39 is 12.0 Å². The van der Waals surface area contributed by atoms with Gasteiger partial charge < -0.3 is 5.11 Å². The lowest BCUT2D eigenvalue weighted by Gasteiger charge is -2.22. The van der Waals surface area contributed by atoms with Crippen molar-refractivity contribution in [3.63, 3.8) is 0 Å². The summed E-state index contributed by atoms with van der Waals surface area (Å²) in [6, 6.07) is 4.55. The molecule has 0 spiro atoms. The number of hydrogen-bond acceptors (Lipinski definition) is 4. The first-order valence-corrected chi connectivity index (χ1v) is 6.84. The predicted octanol–water partition coefficient (Wildman–Crippen LogP) is 1.30. The molecular formula is C15H19N3O3. The molecule has 0 aliphatic heterocycles. The molecule has 1 N–H and O–H groups in total. The molecule has 0 saturated carbocycles. The fraction of sp³-hybridized carbons (Fsp3) is 0.400. The maximum absolute atomic E-state index is 12.1. The number of rotatable bonds is 5. The van der Waals surface area contributed by atoms with Crippen LogP contribution < -0.4 is 5.56 Å². The van der Waals surface area contributed by atoms with Crippen LogP contribution in [0.3, 0.4) is 0 Å². The Bertz CT molecular complexity index is 724. The Hall–Kier alpha value is -2.21. The molecule has 0 aliphatic carbocycles. The van der Waals surface area contributed by atoms with Crippen LogP contribution in [0.4, 0.5) is 0 Å². The molecule has 1 atom stereocenters. The fourth-order valence-electron chi connectivity index (χ4n) is 2.38. The molecule has 21 heavy (non-hydrogen) atoms. The molecule has 0 aliphatic rings. The molecule has 0 aromatic carbocycles. The van der Waals surface area contributed by atoms with Crippen molar-refractivity contribution in [2.45, 2.75) is 32.9 Å². The van der Waals surface area contributed by atoms with E-state index in [4.69, 9.17) is 5.11 Å². The van der Waals surface area contributed by atoms with Gasteiger partial charge in [0.05, 0.1) is 5.69 Å². The summed E-state index contributed by atoms with van der Waals surface area (Å²) < 4.78 is 1.48. The summed E-state index contributed by atoms with van der Waals surface area (Å²) in [6.07, 6.45) is 2.19. The highest BCUT2D eigenvalue weighted by Crippen LogP contribution is 2.08. The lowest BCUT2D eigenvalue weighted by Crippen LogP contribution is -2.37. The van der Waals surface area contributed by atoms with Crippen LogP contribution in [-0.4, -0.2) is 38.4 Å². The van der Waals surface area contributed by atoms with Crippen molar-refractivity contribution >= 4 is 11.6 Å². The lowest BCUT2D eigenvalue weighted by molar-refractivity contribution is -0.143.